The van der Waals surface area contributed by atoms with E-state index >= 15 is 0 Å². The maximum atomic E-state index is 4.21. The molecular weight excluding hydrogens is 246 g/mol. The third-order valence-corrected chi connectivity index (χ3v) is 4.37. The molecule has 3 heteroatoms. The molecule has 112 valence electrons. The highest BCUT2D eigenvalue weighted by atomic mass is 15.1. The van der Waals surface area contributed by atoms with Gasteiger partial charge in [-0.3, -0.25) is 4.98 Å². The van der Waals surface area contributed by atoms with Crippen molar-refractivity contribution in [1.29, 1.82) is 0 Å². The van der Waals surface area contributed by atoms with Crippen molar-refractivity contribution in [3.8, 4) is 0 Å². The van der Waals surface area contributed by atoms with Gasteiger partial charge in [-0.25, -0.2) is 0 Å². The first kappa shape index (κ1) is 15.5. The van der Waals surface area contributed by atoms with E-state index in [1.807, 2.05) is 18.5 Å². The van der Waals surface area contributed by atoms with Crippen LogP contribution in [0.1, 0.15) is 44.6 Å². The second-order valence-corrected chi connectivity index (χ2v) is 6.42. The van der Waals surface area contributed by atoms with Gasteiger partial charge in [0.05, 0.1) is 0 Å². The summed E-state index contributed by atoms with van der Waals surface area (Å²) in [6.45, 7) is 6.76. The van der Waals surface area contributed by atoms with Crippen molar-refractivity contribution in [2.45, 2.75) is 45.6 Å². The molecule has 0 aromatic carbocycles. The van der Waals surface area contributed by atoms with Crippen LogP contribution in [0.25, 0.3) is 0 Å². The fraction of sp³-hybridized carbons (Fsp3) is 0.706. The average molecular weight is 275 g/mol. The Bertz CT molecular complexity index is 371. The Morgan fingerprint density at radius 2 is 2.15 bits per heavy atom. The molecule has 0 spiro atoms. The molecule has 1 aromatic rings. The highest BCUT2D eigenvalue weighted by molar-refractivity contribution is 5.08. The zero-order chi connectivity index (χ0) is 14.3. The predicted octanol–water partition coefficient (Wildman–Crippen LogP) is 3.07. The molecule has 20 heavy (non-hydrogen) atoms. The van der Waals surface area contributed by atoms with Crippen LogP contribution in [0.4, 0.5) is 0 Å². The summed E-state index contributed by atoms with van der Waals surface area (Å²) in [4.78, 5) is 6.68. The maximum absolute atomic E-state index is 4.21. The van der Waals surface area contributed by atoms with Gasteiger partial charge in [-0.1, -0.05) is 25.8 Å². The molecule has 0 aliphatic heterocycles. The lowest BCUT2D eigenvalue weighted by atomic mass is 9.85. The Balaban J connectivity index is 1.87. The van der Waals surface area contributed by atoms with Crippen LogP contribution >= 0.6 is 0 Å². The van der Waals surface area contributed by atoms with E-state index in [0.717, 1.165) is 13.1 Å². The molecule has 0 atom stereocenters. The van der Waals surface area contributed by atoms with Crippen molar-refractivity contribution < 1.29 is 0 Å². The van der Waals surface area contributed by atoms with Crippen molar-refractivity contribution in [2.75, 3.05) is 26.7 Å². The Morgan fingerprint density at radius 1 is 1.35 bits per heavy atom. The van der Waals surface area contributed by atoms with E-state index in [9.17, 15) is 0 Å². The molecule has 1 aromatic heterocycles. The van der Waals surface area contributed by atoms with Gasteiger partial charge in [0, 0.05) is 32.0 Å². The van der Waals surface area contributed by atoms with Crippen LogP contribution in [-0.4, -0.2) is 36.6 Å². The van der Waals surface area contributed by atoms with E-state index < -0.39 is 0 Å². The lowest BCUT2D eigenvalue weighted by Gasteiger charge is -2.34. The fourth-order valence-corrected chi connectivity index (χ4v) is 3.48. The lowest BCUT2D eigenvalue weighted by Crippen LogP contribution is -2.41. The van der Waals surface area contributed by atoms with Gasteiger partial charge in [0.1, 0.15) is 0 Å². The number of pyridine rings is 1. The van der Waals surface area contributed by atoms with Crippen molar-refractivity contribution >= 4 is 0 Å². The Hall–Kier alpha value is -0.930. The zero-order valence-corrected chi connectivity index (χ0v) is 13.1. The van der Waals surface area contributed by atoms with Crippen molar-refractivity contribution in [2.24, 2.45) is 5.41 Å². The first-order valence-corrected chi connectivity index (χ1v) is 8.02. The van der Waals surface area contributed by atoms with E-state index in [-0.39, 0.29) is 0 Å². The normalized spacial score (nSPS) is 17.8. The van der Waals surface area contributed by atoms with E-state index in [4.69, 9.17) is 0 Å². The van der Waals surface area contributed by atoms with Crippen LogP contribution in [-0.2, 0) is 6.54 Å². The van der Waals surface area contributed by atoms with Crippen LogP contribution in [0.2, 0.25) is 0 Å². The molecule has 3 nitrogen and oxygen atoms in total. The van der Waals surface area contributed by atoms with Gasteiger partial charge >= 0.3 is 0 Å². The van der Waals surface area contributed by atoms with Gasteiger partial charge in [0.25, 0.3) is 0 Å². The van der Waals surface area contributed by atoms with Crippen LogP contribution in [0.3, 0.4) is 0 Å². The standard InChI is InChI=1S/C17H29N3/c1-3-10-19-14-17(8-4-5-9-17)15-20(2)13-16-7-6-11-18-12-16/h6-7,11-12,19H,3-5,8-10,13-15H2,1-2H3. The first-order chi connectivity index (χ1) is 9.74. The number of nitrogens with zero attached hydrogens (tertiary/aromatic N) is 2. The van der Waals surface area contributed by atoms with E-state index in [2.05, 4.69) is 35.2 Å². The van der Waals surface area contributed by atoms with Crippen LogP contribution < -0.4 is 5.32 Å². The molecule has 0 saturated heterocycles. The first-order valence-electron chi connectivity index (χ1n) is 8.02. The summed E-state index contributed by atoms with van der Waals surface area (Å²) in [6, 6.07) is 4.19. The molecule has 1 fully saturated rings. The second-order valence-electron chi connectivity index (χ2n) is 6.42. The minimum Gasteiger partial charge on any atom is -0.316 e. The molecule has 0 radical (unpaired) electrons. The predicted molar refractivity (Wildman–Crippen MR) is 84.6 cm³/mol. The van der Waals surface area contributed by atoms with E-state index in [1.165, 1.54) is 50.8 Å². The van der Waals surface area contributed by atoms with Gasteiger partial charge in [-0.15, -0.1) is 0 Å². The van der Waals surface area contributed by atoms with Gasteiger partial charge in [-0.05, 0) is 49.9 Å². The van der Waals surface area contributed by atoms with Gasteiger partial charge in [-0.2, -0.15) is 0 Å². The average Bonchev–Trinajstić information content (AvgIpc) is 2.88. The summed E-state index contributed by atoms with van der Waals surface area (Å²) in [5, 5.41) is 3.65. The summed E-state index contributed by atoms with van der Waals surface area (Å²) < 4.78 is 0. The van der Waals surface area contributed by atoms with E-state index in [1.54, 1.807) is 0 Å². The van der Waals surface area contributed by atoms with Crippen molar-refractivity contribution in [3.05, 3.63) is 30.1 Å². The molecule has 1 aliphatic carbocycles. The smallest absolute Gasteiger partial charge is 0.0312 e. The molecule has 0 amide bonds. The molecule has 0 bridgehead atoms. The monoisotopic (exact) mass is 275 g/mol. The second kappa shape index (κ2) is 7.75. The lowest BCUT2D eigenvalue weighted by molar-refractivity contribution is 0.168. The number of hydrogen-bond donors (Lipinski definition) is 1. The minimum atomic E-state index is 0.492. The van der Waals surface area contributed by atoms with Crippen LogP contribution in [0.5, 0.6) is 0 Å². The topological polar surface area (TPSA) is 28.2 Å². The summed E-state index contributed by atoms with van der Waals surface area (Å²) >= 11 is 0. The van der Waals surface area contributed by atoms with Gasteiger partial charge in [0.15, 0.2) is 0 Å². The maximum Gasteiger partial charge on any atom is 0.0312 e. The summed E-state index contributed by atoms with van der Waals surface area (Å²) in [6.07, 6.45) is 10.6. The molecule has 2 rings (SSSR count). The zero-order valence-electron chi connectivity index (χ0n) is 13.1. The fourth-order valence-electron chi connectivity index (χ4n) is 3.48. The number of nitrogens with one attached hydrogen (secondary N) is 1. The number of hydrogen-bond acceptors (Lipinski definition) is 3. The van der Waals surface area contributed by atoms with Crippen LogP contribution in [0.15, 0.2) is 24.5 Å². The van der Waals surface area contributed by atoms with Gasteiger partial charge < -0.3 is 10.2 Å². The largest absolute Gasteiger partial charge is 0.316 e. The summed E-state index contributed by atoms with van der Waals surface area (Å²) in [5.74, 6) is 0. The summed E-state index contributed by atoms with van der Waals surface area (Å²) in [7, 11) is 2.24. The van der Waals surface area contributed by atoms with E-state index in [0.29, 0.717) is 5.41 Å². The quantitative estimate of drug-likeness (QED) is 0.739. The number of aromatic nitrogens is 1. The Kier molecular flexibility index (Phi) is 5.99. The van der Waals surface area contributed by atoms with Crippen LogP contribution in [0, 0.1) is 5.41 Å². The molecule has 0 unspecified atom stereocenters. The number of rotatable bonds is 8. The molecule has 1 aliphatic rings. The third kappa shape index (κ3) is 4.57. The SMILES string of the molecule is CCCNCC1(CN(C)Cc2cccnc2)CCCC1. The highest BCUT2D eigenvalue weighted by Crippen LogP contribution is 2.38. The highest BCUT2D eigenvalue weighted by Gasteiger charge is 2.34. The minimum absolute atomic E-state index is 0.492. The van der Waals surface area contributed by atoms with Crippen molar-refractivity contribution in [3.63, 3.8) is 0 Å². The van der Waals surface area contributed by atoms with Gasteiger partial charge in [0.2, 0.25) is 0 Å². The molecule has 1 N–H and O–H groups in total. The van der Waals surface area contributed by atoms with Crippen molar-refractivity contribution in [1.82, 2.24) is 15.2 Å². The third-order valence-electron chi connectivity index (χ3n) is 4.37. The Labute approximate surface area is 123 Å². The molecular formula is C17H29N3. The molecule has 1 heterocycles. The summed E-state index contributed by atoms with van der Waals surface area (Å²) in [5.41, 5.74) is 1.80. The Morgan fingerprint density at radius 3 is 2.80 bits per heavy atom. The molecule has 1 saturated carbocycles.